The van der Waals surface area contributed by atoms with Gasteiger partial charge in [-0.25, -0.2) is 5.90 Å². The minimum absolute atomic E-state index is 0.302. The molecule has 4 heteroatoms. The van der Waals surface area contributed by atoms with Crippen LogP contribution in [0.3, 0.4) is 0 Å². The van der Waals surface area contributed by atoms with E-state index in [1.54, 1.807) is 0 Å². The van der Waals surface area contributed by atoms with E-state index in [0.717, 1.165) is 0 Å². The predicted octanol–water partition coefficient (Wildman–Crippen LogP) is 2.73. The van der Waals surface area contributed by atoms with Crippen LogP contribution >= 0.6 is 21.6 Å². The van der Waals surface area contributed by atoms with Gasteiger partial charge in [-0.1, -0.05) is 41.4 Å². The van der Waals surface area contributed by atoms with Crippen LogP contribution in [0.2, 0.25) is 0 Å². The highest BCUT2D eigenvalue weighted by atomic mass is 33.1. The van der Waals surface area contributed by atoms with E-state index < -0.39 is 0 Å². The largest absolute Gasteiger partial charge is 0.299 e. The van der Waals surface area contributed by atoms with Crippen molar-refractivity contribution in [3.8, 4) is 0 Å². The molecule has 2 rings (SSSR count). The van der Waals surface area contributed by atoms with Gasteiger partial charge >= 0.3 is 0 Å². The summed E-state index contributed by atoms with van der Waals surface area (Å²) in [5, 5.41) is 0.625. The van der Waals surface area contributed by atoms with E-state index in [9.17, 15) is 0 Å². The fourth-order valence-electron chi connectivity index (χ4n) is 2.18. The molecule has 0 aromatic heterocycles. The summed E-state index contributed by atoms with van der Waals surface area (Å²) in [6.45, 7) is 2.23. The van der Waals surface area contributed by atoms with Gasteiger partial charge in [-0.05, 0) is 19.3 Å². The molecule has 0 bridgehead atoms. The van der Waals surface area contributed by atoms with Gasteiger partial charge in [0.1, 0.15) is 6.10 Å². The molecule has 1 heterocycles. The second kappa shape index (κ2) is 4.01. The molecule has 0 aromatic carbocycles. The molecule has 1 saturated heterocycles. The highest BCUT2D eigenvalue weighted by Crippen LogP contribution is 2.61. The van der Waals surface area contributed by atoms with Gasteiger partial charge in [0.2, 0.25) is 0 Å². The van der Waals surface area contributed by atoms with Crippen LogP contribution in [-0.4, -0.2) is 16.1 Å². The molecule has 2 unspecified atom stereocenters. The summed E-state index contributed by atoms with van der Waals surface area (Å²) < 4.78 is 0.388. The van der Waals surface area contributed by atoms with Crippen molar-refractivity contribution in [1.29, 1.82) is 0 Å². The lowest BCUT2D eigenvalue weighted by atomic mass is 9.78. The molecule has 1 aliphatic heterocycles. The van der Waals surface area contributed by atoms with E-state index in [0.29, 0.717) is 16.1 Å². The zero-order valence-electron chi connectivity index (χ0n) is 7.99. The molecule has 2 nitrogen and oxygen atoms in total. The first kappa shape index (κ1) is 10.1. The second-order valence-electron chi connectivity index (χ2n) is 3.98. The van der Waals surface area contributed by atoms with Gasteiger partial charge in [0.15, 0.2) is 0 Å². The summed E-state index contributed by atoms with van der Waals surface area (Å²) in [6.07, 6.45) is 6.72. The Morgan fingerprint density at radius 3 is 2.77 bits per heavy atom. The number of nitrogens with two attached hydrogens (primary N) is 1. The van der Waals surface area contributed by atoms with Gasteiger partial charge in [-0.15, -0.1) is 0 Å². The quantitative estimate of drug-likeness (QED) is 0.585. The smallest absolute Gasteiger partial charge is 0.107 e. The SMILES string of the molecule is CCCC1SSC2(CCC2)C1ON. The first-order valence-corrected chi connectivity index (χ1v) is 7.24. The van der Waals surface area contributed by atoms with Crippen LogP contribution < -0.4 is 5.90 Å². The molecule has 2 N–H and O–H groups in total. The first-order chi connectivity index (χ1) is 6.32. The fraction of sp³-hybridized carbons (Fsp3) is 1.00. The molecule has 0 amide bonds. The molecular weight excluding hydrogens is 202 g/mol. The Bertz CT molecular complexity index is 184. The lowest BCUT2D eigenvalue weighted by molar-refractivity contribution is 0.00271. The normalized spacial score (nSPS) is 36.5. The minimum Gasteiger partial charge on any atom is -0.299 e. The van der Waals surface area contributed by atoms with Gasteiger partial charge in [0, 0.05) is 5.25 Å². The monoisotopic (exact) mass is 219 g/mol. The Balaban J connectivity index is 2.01. The maximum atomic E-state index is 5.41. The summed E-state index contributed by atoms with van der Waals surface area (Å²) in [6, 6.07) is 0. The molecule has 1 saturated carbocycles. The molecule has 0 aromatic rings. The van der Waals surface area contributed by atoms with E-state index in [1.165, 1.54) is 32.1 Å². The molecule has 13 heavy (non-hydrogen) atoms. The van der Waals surface area contributed by atoms with Gasteiger partial charge in [0.25, 0.3) is 0 Å². The maximum Gasteiger partial charge on any atom is 0.107 e. The van der Waals surface area contributed by atoms with Gasteiger partial charge < -0.3 is 0 Å². The van der Waals surface area contributed by atoms with Crippen molar-refractivity contribution in [3.05, 3.63) is 0 Å². The van der Waals surface area contributed by atoms with E-state index >= 15 is 0 Å². The summed E-state index contributed by atoms with van der Waals surface area (Å²) in [7, 11) is 4.02. The third-order valence-electron chi connectivity index (χ3n) is 3.11. The standard InChI is InChI=1S/C9H17NOS2/c1-2-4-7-8(11-10)9(13-12-7)5-3-6-9/h7-8H,2-6,10H2,1H3. The van der Waals surface area contributed by atoms with Crippen molar-refractivity contribution >= 4 is 21.6 Å². The van der Waals surface area contributed by atoms with Crippen LogP contribution in [0.5, 0.6) is 0 Å². The van der Waals surface area contributed by atoms with Crippen molar-refractivity contribution < 1.29 is 4.84 Å². The summed E-state index contributed by atoms with van der Waals surface area (Å²) >= 11 is 0. The third-order valence-corrected chi connectivity index (χ3v) is 6.94. The average molecular weight is 219 g/mol. The second-order valence-corrected chi connectivity index (χ2v) is 6.84. The van der Waals surface area contributed by atoms with Gasteiger partial charge in [-0.2, -0.15) is 0 Å². The molecular formula is C9H17NOS2. The number of hydrogen-bond donors (Lipinski definition) is 1. The highest BCUT2D eigenvalue weighted by Gasteiger charge is 2.54. The Morgan fingerprint density at radius 2 is 2.31 bits per heavy atom. The van der Waals surface area contributed by atoms with Crippen LogP contribution in [0.1, 0.15) is 39.0 Å². The number of hydrogen-bond acceptors (Lipinski definition) is 4. The molecule has 2 aliphatic rings. The lowest BCUT2D eigenvalue weighted by Crippen LogP contribution is -2.48. The van der Waals surface area contributed by atoms with Crippen molar-refractivity contribution in [1.82, 2.24) is 0 Å². The maximum absolute atomic E-state index is 5.41. The highest BCUT2D eigenvalue weighted by molar-refractivity contribution is 8.78. The zero-order chi connectivity index (χ0) is 9.31. The van der Waals surface area contributed by atoms with Crippen molar-refractivity contribution in [2.45, 2.75) is 55.1 Å². The van der Waals surface area contributed by atoms with E-state index in [-0.39, 0.29) is 0 Å². The lowest BCUT2D eigenvalue weighted by Gasteiger charge is -2.41. The van der Waals surface area contributed by atoms with Crippen molar-refractivity contribution in [2.24, 2.45) is 5.90 Å². The van der Waals surface area contributed by atoms with Crippen LogP contribution in [0.4, 0.5) is 0 Å². The van der Waals surface area contributed by atoms with E-state index in [1.807, 2.05) is 21.6 Å². The van der Waals surface area contributed by atoms with Crippen LogP contribution in [0.15, 0.2) is 0 Å². The first-order valence-electron chi connectivity index (χ1n) is 5.02. The molecule has 1 aliphatic carbocycles. The van der Waals surface area contributed by atoms with Crippen molar-refractivity contribution in [2.75, 3.05) is 0 Å². The van der Waals surface area contributed by atoms with Crippen molar-refractivity contribution in [3.63, 3.8) is 0 Å². The molecule has 2 atom stereocenters. The number of rotatable bonds is 3. The van der Waals surface area contributed by atoms with E-state index in [4.69, 9.17) is 10.7 Å². The Labute approximate surface area is 87.7 Å². The average Bonchev–Trinajstić information content (AvgIpc) is 2.43. The Hall–Kier alpha value is 0.620. The molecule has 2 fully saturated rings. The zero-order valence-corrected chi connectivity index (χ0v) is 9.63. The Morgan fingerprint density at radius 1 is 1.54 bits per heavy atom. The summed E-state index contributed by atoms with van der Waals surface area (Å²) in [4.78, 5) is 5.19. The van der Waals surface area contributed by atoms with E-state index in [2.05, 4.69) is 6.92 Å². The predicted molar refractivity (Wildman–Crippen MR) is 59.5 cm³/mol. The minimum atomic E-state index is 0.302. The fourth-order valence-corrected chi connectivity index (χ4v) is 6.43. The molecule has 1 spiro atoms. The summed E-state index contributed by atoms with van der Waals surface area (Å²) in [5.74, 6) is 5.41. The summed E-state index contributed by atoms with van der Waals surface area (Å²) in [5.41, 5.74) is 0. The van der Waals surface area contributed by atoms with Gasteiger partial charge in [-0.3, -0.25) is 4.84 Å². The third kappa shape index (κ3) is 1.62. The Kier molecular flexibility index (Phi) is 3.13. The van der Waals surface area contributed by atoms with Crippen LogP contribution in [-0.2, 0) is 4.84 Å². The molecule has 76 valence electrons. The van der Waals surface area contributed by atoms with Crippen LogP contribution in [0.25, 0.3) is 0 Å². The van der Waals surface area contributed by atoms with Gasteiger partial charge in [0.05, 0.1) is 4.75 Å². The topological polar surface area (TPSA) is 35.2 Å². The molecule has 0 radical (unpaired) electrons. The van der Waals surface area contributed by atoms with Crippen LogP contribution in [0, 0.1) is 0 Å².